The summed E-state index contributed by atoms with van der Waals surface area (Å²) in [7, 11) is 0. The lowest BCUT2D eigenvalue weighted by Crippen LogP contribution is -2.36. The van der Waals surface area contributed by atoms with Gasteiger partial charge in [-0.3, -0.25) is 14.0 Å². The molecule has 2 heterocycles. The highest BCUT2D eigenvalue weighted by atomic mass is 16.2. The number of aryl methyl sites for hydroxylation is 1. The molecule has 5 nitrogen and oxygen atoms in total. The summed E-state index contributed by atoms with van der Waals surface area (Å²) in [5.41, 5.74) is 2.46. The number of rotatable bonds is 4. The van der Waals surface area contributed by atoms with Gasteiger partial charge in [-0.2, -0.15) is 0 Å². The van der Waals surface area contributed by atoms with Gasteiger partial charge in [0.1, 0.15) is 11.2 Å². The number of nitrogens with zero attached hydrogens (tertiary/aromatic N) is 2. The van der Waals surface area contributed by atoms with Crippen molar-refractivity contribution in [3.8, 4) is 0 Å². The number of pyridine rings is 1. The zero-order chi connectivity index (χ0) is 17.4. The summed E-state index contributed by atoms with van der Waals surface area (Å²) in [6.07, 6.45) is 5.16. The molecular weight excluding hydrogens is 314 g/mol. The van der Waals surface area contributed by atoms with E-state index in [0.29, 0.717) is 12.2 Å². The quantitative estimate of drug-likeness (QED) is 0.798. The molecule has 25 heavy (non-hydrogen) atoms. The standard InChI is InChI=1S/C20H19N3O2/c1-14-7-8-17-21-11-16(19(25)23(17)12-14)18(24)22-13-20(9-10-20)15-5-3-2-4-6-15/h2-8,11-12H,9-10,13H2,1H3,(H,22,24). The molecule has 0 radical (unpaired) electrons. The highest BCUT2D eigenvalue weighted by Gasteiger charge is 2.44. The van der Waals surface area contributed by atoms with Gasteiger partial charge in [-0.05, 0) is 37.0 Å². The molecule has 0 spiro atoms. The van der Waals surface area contributed by atoms with Crippen molar-refractivity contribution in [2.24, 2.45) is 0 Å². The van der Waals surface area contributed by atoms with Crippen LogP contribution in [0.2, 0.25) is 0 Å². The van der Waals surface area contributed by atoms with Gasteiger partial charge < -0.3 is 5.32 Å². The van der Waals surface area contributed by atoms with E-state index in [1.54, 1.807) is 12.3 Å². The molecule has 0 saturated heterocycles. The number of amides is 1. The molecule has 4 rings (SSSR count). The Balaban J connectivity index is 1.57. The minimum Gasteiger partial charge on any atom is -0.351 e. The highest BCUT2D eigenvalue weighted by Crippen LogP contribution is 2.47. The van der Waals surface area contributed by atoms with Crippen molar-refractivity contribution in [1.82, 2.24) is 14.7 Å². The number of benzene rings is 1. The maximum atomic E-state index is 12.6. The Morgan fingerprint density at radius 2 is 1.96 bits per heavy atom. The van der Waals surface area contributed by atoms with Crippen LogP contribution in [0, 0.1) is 6.92 Å². The lowest BCUT2D eigenvalue weighted by atomic mass is 9.96. The number of hydrogen-bond acceptors (Lipinski definition) is 3. The summed E-state index contributed by atoms with van der Waals surface area (Å²) in [5.74, 6) is -0.365. The van der Waals surface area contributed by atoms with Crippen molar-refractivity contribution in [1.29, 1.82) is 0 Å². The largest absolute Gasteiger partial charge is 0.351 e. The van der Waals surface area contributed by atoms with E-state index in [1.165, 1.54) is 16.2 Å². The SMILES string of the molecule is Cc1ccc2ncc(C(=O)NCC3(c4ccccc4)CC3)c(=O)n2c1. The van der Waals surface area contributed by atoms with Crippen LogP contribution in [0.15, 0.2) is 59.7 Å². The van der Waals surface area contributed by atoms with Crippen LogP contribution in [-0.2, 0) is 5.41 Å². The first-order valence-corrected chi connectivity index (χ1v) is 8.41. The Morgan fingerprint density at radius 3 is 2.68 bits per heavy atom. The first-order valence-electron chi connectivity index (χ1n) is 8.41. The molecule has 5 heteroatoms. The van der Waals surface area contributed by atoms with Crippen LogP contribution in [0.5, 0.6) is 0 Å². The van der Waals surface area contributed by atoms with Gasteiger partial charge in [-0.1, -0.05) is 36.4 Å². The van der Waals surface area contributed by atoms with Gasteiger partial charge in [0.15, 0.2) is 0 Å². The van der Waals surface area contributed by atoms with Crippen LogP contribution in [-0.4, -0.2) is 21.8 Å². The normalized spacial score (nSPS) is 15.1. The van der Waals surface area contributed by atoms with Crippen molar-refractivity contribution < 1.29 is 4.79 Å². The molecule has 1 aromatic carbocycles. The van der Waals surface area contributed by atoms with Crippen LogP contribution in [0.1, 0.15) is 34.3 Å². The smallest absolute Gasteiger partial charge is 0.270 e. The van der Waals surface area contributed by atoms with Crippen molar-refractivity contribution in [2.45, 2.75) is 25.2 Å². The summed E-state index contributed by atoms with van der Waals surface area (Å²) < 4.78 is 1.42. The first-order chi connectivity index (χ1) is 12.1. The average Bonchev–Trinajstić information content (AvgIpc) is 3.43. The Labute approximate surface area is 145 Å². The Bertz CT molecular complexity index is 1000. The number of carbonyl (C=O) groups excluding carboxylic acids is 1. The van der Waals surface area contributed by atoms with Gasteiger partial charge >= 0.3 is 0 Å². The minimum atomic E-state index is -0.365. The third-order valence-electron chi connectivity index (χ3n) is 4.92. The van der Waals surface area contributed by atoms with Crippen molar-refractivity contribution in [3.05, 3.63) is 81.9 Å². The van der Waals surface area contributed by atoms with E-state index >= 15 is 0 Å². The molecule has 0 aliphatic heterocycles. The summed E-state index contributed by atoms with van der Waals surface area (Å²) in [5, 5.41) is 2.93. The summed E-state index contributed by atoms with van der Waals surface area (Å²) >= 11 is 0. The van der Waals surface area contributed by atoms with E-state index in [1.807, 2.05) is 31.2 Å². The van der Waals surface area contributed by atoms with Gasteiger partial charge in [-0.25, -0.2) is 4.98 Å². The second-order valence-electron chi connectivity index (χ2n) is 6.74. The van der Waals surface area contributed by atoms with Crippen molar-refractivity contribution in [2.75, 3.05) is 6.54 Å². The number of hydrogen-bond donors (Lipinski definition) is 1. The van der Waals surface area contributed by atoms with Crippen LogP contribution >= 0.6 is 0 Å². The molecule has 1 aliphatic rings. The van der Waals surface area contributed by atoms with Gasteiger partial charge in [0.05, 0.1) is 0 Å². The summed E-state index contributed by atoms with van der Waals surface area (Å²) in [4.78, 5) is 29.4. The maximum absolute atomic E-state index is 12.6. The molecule has 3 aromatic rings. The lowest BCUT2D eigenvalue weighted by Gasteiger charge is -2.16. The number of carbonyl (C=O) groups is 1. The van der Waals surface area contributed by atoms with Crippen LogP contribution in [0.3, 0.4) is 0 Å². The van der Waals surface area contributed by atoms with Gasteiger partial charge in [0.25, 0.3) is 11.5 Å². The first kappa shape index (κ1) is 15.6. The van der Waals surface area contributed by atoms with Gasteiger partial charge in [-0.15, -0.1) is 0 Å². The highest BCUT2D eigenvalue weighted by molar-refractivity contribution is 5.93. The molecule has 0 bridgehead atoms. The van der Waals surface area contributed by atoms with E-state index in [4.69, 9.17) is 0 Å². The van der Waals surface area contributed by atoms with Gasteiger partial charge in [0, 0.05) is 24.4 Å². The Kier molecular flexibility index (Phi) is 3.64. The van der Waals surface area contributed by atoms with Crippen LogP contribution in [0.4, 0.5) is 0 Å². The molecule has 1 amide bonds. The topological polar surface area (TPSA) is 63.5 Å². The molecule has 0 atom stereocenters. The Morgan fingerprint density at radius 1 is 1.20 bits per heavy atom. The van der Waals surface area contributed by atoms with E-state index in [2.05, 4.69) is 22.4 Å². The minimum absolute atomic E-state index is 0.00791. The molecule has 1 aliphatic carbocycles. The molecule has 1 fully saturated rings. The average molecular weight is 333 g/mol. The fraction of sp³-hybridized carbons (Fsp3) is 0.250. The number of nitrogens with one attached hydrogen (secondary N) is 1. The molecule has 126 valence electrons. The summed E-state index contributed by atoms with van der Waals surface area (Å²) in [6, 6.07) is 13.9. The predicted molar refractivity (Wildman–Crippen MR) is 95.9 cm³/mol. The maximum Gasteiger partial charge on any atom is 0.270 e. The monoisotopic (exact) mass is 333 g/mol. The van der Waals surface area contributed by atoms with E-state index < -0.39 is 0 Å². The zero-order valence-corrected chi connectivity index (χ0v) is 14.0. The van der Waals surface area contributed by atoms with E-state index in [-0.39, 0.29) is 22.4 Å². The fourth-order valence-corrected chi connectivity index (χ4v) is 3.19. The van der Waals surface area contributed by atoms with E-state index in [9.17, 15) is 9.59 Å². The van der Waals surface area contributed by atoms with Gasteiger partial charge in [0.2, 0.25) is 0 Å². The molecule has 2 aromatic heterocycles. The van der Waals surface area contributed by atoms with Crippen molar-refractivity contribution >= 4 is 11.6 Å². The second-order valence-corrected chi connectivity index (χ2v) is 6.74. The lowest BCUT2D eigenvalue weighted by molar-refractivity contribution is 0.0947. The number of fused-ring (bicyclic) bond motifs is 1. The van der Waals surface area contributed by atoms with Crippen molar-refractivity contribution in [3.63, 3.8) is 0 Å². The Hall–Kier alpha value is -2.95. The molecule has 0 unspecified atom stereocenters. The number of aromatic nitrogens is 2. The fourth-order valence-electron chi connectivity index (χ4n) is 3.19. The molecule has 1 N–H and O–H groups in total. The molecular formula is C20H19N3O2. The predicted octanol–water partition coefficient (Wildman–Crippen LogP) is 2.46. The van der Waals surface area contributed by atoms with E-state index in [0.717, 1.165) is 18.4 Å². The third kappa shape index (κ3) is 2.82. The third-order valence-corrected chi connectivity index (χ3v) is 4.92. The summed E-state index contributed by atoms with van der Waals surface area (Å²) in [6.45, 7) is 2.43. The van der Waals surface area contributed by atoms with Crippen LogP contribution in [0.25, 0.3) is 5.65 Å². The second kappa shape index (κ2) is 5.84. The molecule has 1 saturated carbocycles. The zero-order valence-electron chi connectivity index (χ0n) is 14.0. The van der Waals surface area contributed by atoms with Crippen LogP contribution < -0.4 is 10.9 Å².